The molecule has 0 saturated heterocycles. The first-order valence-corrected chi connectivity index (χ1v) is 11.4. The summed E-state index contributed by atoms with van der Waals surface area (Å²) in [4.78, 5) is 13.9. The van der Waals surface area contributed by atoms with Gasteiger partial charge in [0, 0.05) is 19.2 Å². The van der Waals surface area contributed by atoms with Gasteiger partial charge in [0.15, 0.2) is 0 Å². The molecule has 0 spiro atoms. The summed E-state index contributed by atoms with van der Waals surface area (Å²) < 4.78 is 28.8. The van der Waals surface area contributed by atoms with Crippen molar-refractivity contribution in [2.75, 3.05) is 15.7 Å². The summed E-state index contributed by atoms with van der Waals surface area (Å²) in [5, 5.41) is 0. The van der Waals surface area contributed by atoms with Gasteiger partial charge in [0.2, 0.25) is 5.91 Å². The number of benzene rings is 3. The number of amides is 1. The van der Waals surface area contributed by atoms with Crippen molar-refractivity contribution in [3.8, 4) is 0 Å². The molecule has 3 aromatic rings. The van der Waals surface area contributed by atoms with Crippen molar-refractivity contribution in [1.29, 1.82) is 0 Å². The largest absolute Gasteiger partial charge is 0.312 e. The van der Waals surface area contributed by atoms with E-state index in [4.69, 9.17) is 0 Å². The molecule has 1 heterocycles. The fraction of sp³-hybridized carbons (Fsp3) is 0.208. The highest BCUT2D eigenvalue weighted by Crippen LogP contribution is 2.32. The van der Waals surface area contributed by atoms with E-state index in [0.29, 0.717) is 12.2 Å². The van der Waals surface area contributed by atoms with Gasteiger partial charge >= 0.3 is 0 Å². The predicted octanol–water partition coefficient (Wildman–Crippen LogP) is 4.38. The van der Waals surface area contributed by atoms with Gasteiger partial charge in [-0.2, -0.15) is 0 Å². The minimum atomic E-state index is -3.79. The van der Waals surface area contributed by atoms with Gasteiger partial charge in [-0.3, -0.25) is 9.10 Å². The van der Waals surface area contributed by atoms with E-state index in [2.05, 4.69) is 0 Å². The van der Waals surface area contributed by atoms with Gasteiger partial charge in [-0.15, -0.1) is 0 Å². The number of rotatable bonds is 5. The molecule has 0 aliphatic carbocycles. The molecule has 154 valence electrons. The molecular weight excluding hydrogens is 396 g/mol. The van der Waals surface area contributed by atoms with E-state index in [1.165, 1.54) is 11.2 Å². The third-order valence-corrected chi connectivity index (χ3v) is 7.12. The van der Waals surface area contributed by atoms with Crippen LogP contribution in [0.4, 0.5) is 11.4 Å². The zero-order valence-corrected chi connectivity index (χ0v) is 17.7. The Morgan fingerprint density at radius 1 is 0.967 bits per heavy atom. The molecule has 0 saturated carbocycles. The molecule has 1 aliphatic heterocycles. The second-order valence-electron chi connectivity index (χ2n) is 7.40. The summed E-state index contributed by atoms with van der Waals surface area (Å²) in [6, 6.07) is 23.8. The van der Waals surface area contributed by atoms with Gasteiger partial charge in [0.25, 0.3) is 10.0 Å². The third kappa shape index (κ3) is 3.96. The molecule has 0 unspecified atom stereocenters. The van der Waals surface area contributed by atoms with Crippen LogP contribution in [0.2, 0.25) is 0 Å². The molecule has 0 fully saturated rings. The molecule has 3 aromatic carbocycles. The van der Waals surface area contributed by atoms with Gasteiger partial charge in [0.05, 0.1) is 17.1 Å². The van der Waals surface area contributed by atoms with Crippen LogP contribution in [-0.4, -0.2) is 20.9 Å². The molecule has 30 heavy (non-hydrogen) atoms. The quantitative estimate of drug-likeness (QED) is 0.615. The van der Waals surface area contributed by atoms with Crippen LogP contribution >= 0.6 is 0 Å². The van der Waals surface area contributed by atoms with Gasteiger partial charge in [-0.25, -0.2) is 8.42 Å². The summed E-state index contributed by atoms with van der Waals surface area (Å²) in [5.74, 6) is -0.0263. The van der Waals surface area contributed by atoms with E-state index >= 15 is 0 Å². The number of hydrogen-bond donors (Lipinski definition) is 0. The predicted molar refractivity (Wildman–Crippen MR) is 119 cm³/mol. The number of sulfonamides is 1. The Kier molecular flexibility index (Phi) is 5.59. The number of anilines is 2. The molecule has 0 aromatic heterocycles. The number of hydrogen-bond acceptors (Lipinski definition) is 3. The first-order chi connectivity index (χ1) is 14.5. The van der Waals surface area contributed by atoms with Crippen LogP contribution in [0.15, 0.2) is 83.8 Å². The van der Waals surface area contributed by atoms with Crippen LogP contribution in [0.1, 0.15) is 24.5 Å². The Bertz CT molecular complexity index is 1150. The third-order valence-electron chi connectivity index (χ3n) is 5.35. The van der Waals surface area contributed by atoms with Crippen LogP contribution < -0.4 is 9.21 Å². The monoisotopic (exact) mass is 420 g/mol. The minimum Gasteiger partial charge on any atom is -0.312 e. The van der Waals surface area contributed by atoms with Crippen LogP contribution in [0, 0.1) is 0 Å². The lowest BCUT2D eigenvalue weighted by atomic mass is 10.0. The van der Waals surface area contributed by atoms with Crippen molar-refractivity contribution in [3.05, 3.63) is 90.0 Å². The Morgan fingerprint density at radius 3 is 2.30 bits per heavy atom. The Morgan fingerprint density at radius 2 is 1.63 bits per heavy atom. The highest BCUT2D eigenvalue weighted by atomic mass is 32.2. The van der Waals surface area contributed by atoms with Crippen LogP contribution in [0.25, 0.3) is 0 Å². The molecule has 1 amide bonds. The van der Waals surface area contributed by atoms with Crippen molar-refractivity contribution in [2.24, 2.45) is 0 Å². The number of carbonyl (C=O) groups is 1. The summed E-state index contributed by atoms with van der Waals surface area (Å²) in [5.41, 5.74) is 3.22. The topological polar surface area (TPSA) is 57.7 Å². The molecule has 6 heteroatoms. The number of aryl methyl sites for hydroxylation is 1. The fourth-order valence-electron chi connectivity index (χ4n) is 3.85. The van der Waals surface area contributed by atoms with Crippen molar-refractivity contribution in [3.63, 3.8) is 0 Å². The van der Waals surface area contributed by atoms with Crippen molar-refractivity contribution in [1.82, 2.24) is 0 Å². The first-order valence-electron chi connectivity index (χ1n) is 9.99. The maximum absolute atomic E-state index is 13.7. The minimum absolute atomic E-state index is 0.0263. The normalized spacial score (nSPS) is 13.6. The van der Waals surface area contributed by atoms with E-state index in [1.807, 2.05) is 48.5 Å². The molecule has 4 rings (SSSR count). The zero-order chi connectivity index (χ0) is 21.1. The average molecular weight is 421 g/mol. The van der Waals surface area contributed by atoms with Crippen molar-refractivity contribution < 1.29 is 13.2 Å². The van der Waals surface area contributed by atoms with Crippen molar-refractivity contribution in [2.45, 2.75) is 31.2 Å². The highest BCUT2D eigenvalue weighted by molar-refractivity contribution is 7.92. The molecule has 0 bridgehead atoms. The Labute approximate surface area is 177 Å². The lowest BCUT2D eigenvalue weighted by molar-refractivity contribution is -0.116. The van der Waals surface area contributed by atoms with Gasteiger partial charge in [0.1, 0.15) is 0 Å². The van der Waals surface area contributed by atoms with Crippen molar-refractivity contribution >= 4 is 27.3 Å². The molecule has 0 atom stereocenters. The lowest BCUT2D eigenvalue weighted by Crippen LogP contribution is -2.34. The second kappa shape index (κ2) is 8.32. The number of carbonyl (C=O) groups excluding carboxylic acids is 1. The lowest BCUT2D eigenvalue weighted by Gasteiger charge is -2.30. The first kappa shape index (κ1) is 20.2. The van der Waals surface area contributed by atoms with E-state index in [0.717, 1.165) is 29.7 Å². The fourth-order valence-corrected chi connectivity index (χ4v) is 5.35. The highest BCUT2D eigenvalue weighted by Gasteiger charge is 2.28. The van der Waals surface area contributed by atoms with Gasteiger partial charge < -0.3 is 4.90 Å². The Balaban J connectivity index is 1.76. The van der Waals surface area contributed by atoms with Gasteiger partial charge in [-0.05, 0) is 54.3 Å². The maximum Gasteiger partial charge on any atom is 0.264 e. The standard InChI is InChI=1S/C24H24N2O3S/c1-19(27)25-16-8-11-21-17-23(14-15-24(21)25)30(28,29)26(22-12-6-3-7-13-22)18-20-9-4-2-5-10-20/h2-7,9-10,12-15,17H,8,11,16,18H2,1H3. The molecular formula is C24H24N2O3S. The molecule has 5 nitrogen and oxygen atoms in total. The number of para-hydroxylation sites is 1. The molecule has 0 radical (unpaired) electrons. The average Bonchev–Trinajstić information content (AvgIpc) is 2.77. The molecule has 0 N–H and O–H groups in total. The number of fused-ring (bicyclic) bond motifs is 1. The summed E-state index contributed by atoms with van der Waals surface area (Å²) in [7, 11) is -3.79. The van der Waals surface area contributed by atoms with Crippen LogP contribution in [0.3, 0.4) is 0 Å². The summed E-state index contributed by atoms with van der Waals surface area (Å²) >= 11 is 0. The zero-order valence-electron chi connectivity index (χ0n) is 16.9. The SMILES string of the molecule is CC(=O)N1CCCc2cc(S(=O)(=O)N(Cc3ccccc3)c3ccccc3)ccc21. The summed E-state index contributed by atoms with van der Waals surface area (Å²) in [6.07, 6.45) is 1.58. The van der Waals surface area contributed by atoms with E-state index < -0.39 is 10.0 Å². The Hall–Kier alpha value is -3.12. The van der Waals surface area contributed by atoms with E-state index in [-0.39, 0.29) is 17.3 Å². The van der Waals surface area contributed by atoms with E-state index in [9.17, 15) is 13.2 Å². The van der Waals surface area contributed by atoms with Crippen LogP contribution in [-0.2, 0) is 27.8 Å². The second-order valence-corrected chi connectivity index (χ2v) is 9.26. The van der Waals surface area contributed by atoms with E-state index in [1.54, 1.807) is 35.2 Å². The van der Waals surface area contributed by atoms with Crippen LogP contribution in [0.5, 0.6) is 0 Å². The molecule has 1 aliphatic rings. The van der Waals surface area contributed by atoms with Gasteiger partial charge in [-0.1, -0.05) is 48.5 Å². The maximum atomic E-state index is 13.7. The summed E-state index contributed by atoms with van der Waals surface area (Å²) in [6.45, 7) is 2.44. The number of nitrogens with zero attached hydrogens (tertiary/aromatic N) is 2. The smallest absolute Gasteiger partial charge is 0.264 e.